The summed E-state index contributed by atoms with van der Waals surface area (Å²) in [5.74, 6) is 2.50. The number of thioether (sulfide) groups is 1. The van der Waals surface area contributed by atoms with E-state index in [2.05, 4.69) is 17.1 Å². The number of nitrogens with zero attached hydrogens (tertiary/aromatic N) is 2. The largest absolute Gasteiger partial charge is 0.497 e. The Labute approximate surface area is 140 Å². The second-order valence-electron chi connectivity index (χ2n) is 5.04. The molecular weight excluding hydrogens is 314 g/mol. The van der Waals surface area contributed by atoms with Crippen molar-refractivity contribution in [2.75, 3.05) is 19.5 Å². The number of H-pyrrole nitrogens is 1. The van der Waals surface area contributed by atoms with E-state index in [0.29, 0.717) is 6.61 Å². The van der Waals surface area contributed by atoms with Crippen molar-refractivity contribution in [2.45, 2.75) is 37.9 Å². The summed E-state index contributed by atoms with van der Waals surface area (Å²) >= 11 is 1.58. The van der Waals surface area contributed by atoms with Gasteiger partial charge in [0.05, 0.1) is 13.7 Å². The van der Waals surface area contributed by atoms with Gasteiger partial charge < -0.3 is 9.47 Å². The van der Waals surface area contributed by atoms with Crippen molar-refractivity contribution < 1.29 is 9.47 Å². The van der Waals surface area contributed by atoms with Gasteiger partial charge in [-0.3, -0.25) is 4.57 Å². The number of benzene rings is 1. The molecule has 1 heterocycles. The van der Waals surface area contributed by atoms with E-state index in [-0.39, 0.29) is 5.69 Å². The Kier molecular flexibility index (Phi) is 7.06. The predicted molar refractivity (Wildman–Crippen MR) is 91.6 cm³/mol. The van der Waals surface area contributed by atoms with Crippen LogP contribution in [0.3, 0.4) is 0 Å². The molecule has 6 nitrogen and oxygen atoms in total. The molecule has 0 radical (unpaired) electrons. The molecule has 0 fully saturated rings. The smallest absolute Gasteiger partial charge is 0.343 e. The van der Waals surface area contributed by atoms with Crippen molar-refractivity contribution in [3.8, 4) is 11.5 Å². The van der Waals surface area contributed by atoms with Crippen LogP contribution in [0.5, 0.6) is 11.5 Å². The summed E-state index contributed by atoms with van der Waals surface area (Å²) in [4.78, 5) is 11.7. The first-order valence-corrected chi connectivity index (χ1v) is 8.78. The summed E-state index contributed by atoms with van der Waals surface area (Å²) < 4.78 is 12.5. The third kappa shape index (κ3) is 5.35. The number of methoxy groups -OCH3 is 1. The Morgan fingerprint density at radius 2 is 1.96 bits per heavy atom. The third-order valence-electron chi connectivity index (χ3n) is 3.31. The molecule has 2 aromatic rings. The molecule has 0 atom stereocenters. The Morgan fingerprint density at radius 1 is 1.22 bits per heavy atom. The van der Waals surface area contributed by atoms with Crippen LogP contribution in [-0.2, 0) is 6.54 Å². The van der Waals surface area contributed by atoms with Gasteiger partial charge in [0, 0.05) is 12.3 Å². The normalized spacial score (nSPS) is 10.7. The fraction of sp³-hybridized carbons (Fsp3) is 0.500. The Bertz CT molecular complexity index is 637. The van der Waals surface area contributed by atoms with Crippen molar-refractivity contribution in [3.05, 3.63) is 34.7 Å². The van der Waals surface area contributed by atoms with Gasteiger partial charge in [-0.2, -0.15) is 0 Å². The molecule has 0 saturated heterocycles. The minimum Gasteiger partial charge on any atom is -0.497 e. The van der Waals surface area contributed by atoms with Gasteiger partial charge in [-0.15, -0.1) is 5.10 Å². The van der Waals surface area contributed by atoms with E-state index in [1.54, 1.807) is 23.4 Å². The highest BCUT2D eigenvalue weighted by molar-refractivity contribution is 7.99. The van der Waals surface area contributed by atoms with Crippen molar-refractivity contribution in [1.82, 2.24) is 14.8 Å². The summed E-state index contributed by atoms with van der Waals surface area (Å²) in [7, 11) is 1.64. The quantitative estimate of drug-likeness (QED) is 0.533. The van der Waals surface area contributed by atoms with Gasteiger partial charge in [0.2, 0.25) is 0 Å². The van der Waals surface area contributed by atoms with Crippen LogP contribution < -0.4 is 15.2 Å². The summed E-state index contributed by atoms with van der Waals surface area (Å²) in [6.07, 6.45) is 2.91. The maximum atomic E-state index is 11.7. The lowest BCUT2D eigenvalue weighted by Gasteiger charge is -2.07. The second-order valence-corrected chi connectivity index (χ2v) is 6.10. The van der Waals surface area contributed by atoms with Gasteiger partial charge >= 0.3 is 5.69 Å². The van der Waals surface area contributed by atoms with E-state index in [1.165, 1.54) is 0 Å². The van der Waals surface area contributed by atoms with Gasteiger partial charge in [0.25, 0.3) is 0 Å². The molecule has 0 aliphatic rings. The molecule has 1 aromatic carbocycles. The van der Waals surface area contributed by atoms with E-state index in [1.807, 2.05) is 24.3 Å². The van der Waals surface area contributed by atoms with Gasteiger partial charge in [-0.25, -0.2) is 9.89 Å². The molecule has 2 rings (SSSR count). The van der Waals surface area contributed by atoms with E-state index in [0.717, 1.165) is 48.2 Å². The lowest BCUT2D eigenvalue weighted by molar-refractivity contribution is 0.318. The van der Waals surface area contributed by atoms with E-state index in [4.69, 9.17) is 9.47 Å². The first kappa shape index (κ1) is 17.5. The van der Waals surface area contributed by atoms with Gasteiger partial charge in [-0.05, 0) is 37.1 Å². The van der Waals surface area contributed by atoms with Crippen LogP contribution in [-0.4, -0.2) is 34.2 Å². The lowest BCUT2D eigenvalue weighted by atomic mass is 10.3. The molecule has 0 saturated carbocycles. The molecule has 7 heteroatoms. The number of hydrogen-bond acceptors (Lipinski definition) is 5. The van der Waals surface area contributed by atoms with Crippen LogP contribution >= 0.6 is 11.8 Å². The van der Waals surface area contributed by atoms with Crippen LogP contribution in [0.2, 0.25) is 0 Å². The average molecular weight is 337 g/mol. The molecule has 1 N–H and O–H groups in total. The van der Waals surface area contributed by atoms with Crippen molar-refractivity contribution in [3.63, 3.8) is 0 Å². The van der Waals surface area contributed by atoms with Crippen LogP contribution in [0, 0.1) is 0 Å². The number of aromatic amines is 1. The van der Waals surface area contributed by atoms with Crippen molar-refractivity contribution in [1.29, 1.82) is 0 Å². The molecule has 126 valence electrons. The predicted octanol–water partition coefficient (Wildman–Crippen LogP) is 2.94. The van der Waals surface area contributed by atoms with Crippen LogP contribution in [0.15, 0.2) is 34.2 Å². The van der Waals surface area contributed by atoms with Gasteiger partial charge in [0.15, 0.2) is 5.16 Å². The second kappa shape index (κ2) is 9.29. The van der Waals surface area contributed by atoms with Crippen LogP contribution in [0.1, 0.15) is 26.2 Å². The maximum Gasteiger partial charge on any atom is 0.343 e. The van der Waals surface area contributed by atoms with E-state index in [9.17, 15) is 4.79 Å². The van der Waals surface area contributed by atoms with Crippen molar-refractivity contribution in [2.24, 2.45) is 0 Å². The summed E-state index contributed by atoms with van der Waals surface area (Å²) in [6, 6.07) is 7.53. The monoisotopic (exact) mass is 337 g/mol. The first-order valence-electron chi connectivity index (χ1n) is 7.79. The number of ether oxygens (including phenoxy) is 2. The minimum absolute atomic E-state index is 0.129. The van der Waals surface area contributed by atoms with E-state index >= 15 is 0 Å². The summed E-state index contributed by atoms with van der Waals surface area (Å²) in [5.41, 5.74) is -0.129. The van der Waals surface area contributed by atoms with Gasteiger partial charge in [0.1, 0.15) is 11.5 Å². The van der Waals surface area contributed by atoms with Gasteiger partial charge in [-0.1, -0.05) is 25.1 Å². The zero-order chi connectivity index (χ0) is 16.5. The Morgan fingerprint density at radius 3 is 2.65 bits per heavy atom. The Balaban J connectivity index is 1.72. The SMILES string of the molecule is CCCCn1c(SCCCOc2ccc(OC)cc2)n[nH]c1=O. The minimum atomic E-state index is -0.129. The standard InChI is InChI=1S/C16H23N3O3S/c1-3-4-10-19-15(20)17-18-16(19)23-12-5-11-22-14-8-6-13(21-2)7-9-14/h6-9H,3-5,10-12H2,1-2H3,(H,17,20). The molecule has 0 amide bonds. The number of aromatic nitrogens is 3. The molecule has 1 aromatic heterocycles. The topological polar surface area (TPSA) is 69.1 Å². The molecule has 0 aliphatic heterocycles. The fourth-order valence-electron chi connectivity index (χ4n) is 2.01. The summed E-state index contributed by atoms with van der Waals surface area (Å²) in [6.45, 7) is 3.45. The molecule has 0 unspecified atom stereocenters. The third-order valence-corrected chi connectivity index (χ3v) is 4.37. The zero-order valence-electron chi connectivity index (χ0n) is 13.6. The number of rotatable bonds is 10. The summed E-state index contributed by atoms with van der Waals surface area (Å²) in [5, 5.41) is 7.35. The average Bonchev–Trinajstić information content (AvgIpc) is 2.93. The number of nitrogens with one attached hydrogen (secondary N) is 1. The number of unbranched alkanes of at least 4 members (excludes halogenated alkanes) is 1. The highest BCUT2D eigenvalue weighted by Crippen LogP contribution is 2.18. The molecular formula is C16H23N3O3S. The zero-order valence-corrected chi connectivity index (χ0v) is 14.4. The van der Waals surface area contributed by atoms with E-state index < -0.39 is 0 Å². The maximum absolute atomic E-state index is 11.7. The fourth-order valence-corrected chi connectivity index (χ4v) is 2.90. The highest BCUT2D eigenvalue weighted by Gasteiger charge is 2.08. The number of hydrogen-bond donors (Lipinski definition) is 1. The first-order chi connectivity index (χ1) is 11.2. The van der Waals surface area contributed by atoms with Crippen LogP contribution in [0.25, 0.3) is 0 Å². The van der Waals surface area contributed by atoms with Crippen molar-refractivity contribution >= 4 is 11.8 Å². The van der Waals surface area contributed by atoms with Crippen LogP contribution in [0.4, 0.5) is 0 Å². The molecule has 0 aliphatic carbocycles. The Hall–Kier alpha value is -1.89. The molecule has 23 heavy (non-hydrogen) atoms. The molecule has 0 spiro atoms. The molecule has 0 bridgehead atoms. The lowest BCUT2D eigenvalue weighted by Crippen LogP contribution is -2.17. The highest BCUT2D eigenvalue weighted by atomic mass is 32.2.